The molecule has 2 rings (SSSR count). The largest absolute Gasteiger partial charge is 0.475 e. The molecule has 0 aliphatic carbocycles. The molecule has 122 valence electrons. The van der Waals surface area contributed by atoms with Crippen LogP contribution in [-0.4, -0.2) is 42.7 Å². The molecule has 0 saturated heterocycles. The molecule has 5 nitrogen and oxygen atoms in total. The van der Waals surface area contributed by atoms with Crippen molar-refractivity contribution in [2.24, 2.45) is 0 Å². The highest BCUT2D eigenvalue weighted by Crippen LogP contribution is 2.18. The zero-order chi connectivity index (χ0) is 16.5. The van der Waals surface area contributed by atoms with E-state index >= 15 is 0 Å². The highest BCUT2D eigenvalue weighted by molar-refractivity contribution is 5.96. The Morgan fingerprint density at radius 1 is 1.13 bits per heavy atom. The van der Waals surface area contributed by atoms with E-state index in [0.29, 0.717) is 37.7 Å². The SMILES string of the molecule is CCN(Cc1ccccc1)C(=O)c1cccnc1OCCOC. The van der Waals surface area contributed by atoms with E-state index in [9.17, 15) is 4.79 Å². The lowest BCUT2D eigenvalue weighted by atomic mass is 10.2. The summed E-state index contributed by atoms with van der Waals surface area (Å²) in [7, 11) is 1.60. The molecule has 0 radical (unpaired) electrons. The van der Waals surface area contributed by atoms with Crippen molar-refractivity contribution in [2.75, 3.05) is 26.9 Å². The van der Waals surface area contributed by atoms with Gasteiger partial charge in [0.25, 0.3) is 5.91 Å². The third-order valence-corrected chi connectivity index (χ3v) is 3.41. The smallest absolute Gasteiger partial charge is 0.259 e. The molecule has 2 aromatic rings. The van der Waals surface area contributed by atoms with Gasteiger partial charge in [-0.05, 0) is 24.6 Å². The topological polar surface area (TPSA) is 51.7 Å². The molecule has 0 N–H and O–H groups in total. The van der Waals surface area contributed by atoms with Crippen molar-refractivity contribution in [3.05, 3.63) is 59.8 Å². The Morgan fingerprint density at radius 2 is 1.91 bits per heavy atom. The first-order valence-corrected chi connectivity index (χ1v) is 7.66. The summed E-state index contributed by atoms with van der Waals surface area (Å²) in [6, 6.07) is 13.4. The molecule has 0 unspecified atom stereocenters. The van der Waals surface area contributed by atoms with Crippen LogP contribution in [0, 0.1) is 0 Å². The molecule has 23 heavy (non-hydrogen) atoms. The van der Waals surface area contributed by atoms with Crippen molar-refractivity contribution in [1.29, 1.82) is 0 Å². The van der Waals surface area contributed by atoms with Crippen LogP contribution < -0.4 is 4.74 Å². The maximum Gasteiger partial charge on any atom is 0.259 e. The van der Waals surface area contributed by atoms with E-state index < -0.39 is 0 Å². The number of pyridine rings is 1. The molecule has 1 heterocycles. The highest BCUT2D eigenvalue weighted by atomic mass is 16.5. The molecule has 0 spiro atoms. The van der Waals surface area contributed by atoms with Crippen LogP contribution in [0.25, 0.3) is 0 Å². The Bertz CT molecular complexity index is 617. The first-order chi connectivity index (χ1) is 11.3. The number of methoxy groups -OCH3 is 1. The fourth-order valence-electron chi connectivity index (χ4n) is 2.19. The average Bonchev–Trinajstić information content (AvgIpc) is 2.60. The summed E-state index contributed by atoms with van der Waals surface area (Å²) in [5.74, 6) is 0.262. The Kier molecular flexibility index (Phi) is 6.56. The monoisotopic (exact) mass is 314 g/mol. The lowest BCUT2D eigenvalue weighted by Gasteiger charge is -2.22. The van der Waals surface area contributed by atoms with Crippen molar-refractivity contribution in [1.82, 2.24) is 9.88 Å². The lowest BCUT2D eigenvalue weighted by molar-refractivity contribution is 0.0744. The minimum atomic E-state index is -0.0862. The van der Waals surface area contributed by atoms with E-state index in [-0.39, 0.29) is 5.91 Å². The van der Waals surface area contributed by atoms with Crippen LogP contribution in [0.2, 0.25) is 0 Å². The fourth-order valence-corrected chi connectivity index (χ4v) is 2.19. The Labute approximate surface area is 136 Å². The van der Waals surface area contributed by atoms with Gasteiger partial charge in [-0.2, -0.15) is 0 Å². The molecule has 0 fully saturated rings. The minimum Gasteiger partial charge on any atom is -0.475 e. The van der Waals surface area contributed by atoms with Crippen LogP contribution in [0.15, 0.2) is 48.7 Å². The van der Waals surface area contributed by atoms with Crippen molar-refractivity contribution >= 4 is 5.91 Å². The maximum atomic E-state index is 12.8. The summed E-state index contributed by atoms with van der Waals surface area (Å²) >= 11 is 0. The molecule has 1 aromatic heterocycles. The Balaban J connectivity index is 2.14. The number of hydrogen-bond donors (Lipinski definition) is 0. The number of ether oxygens (including phenoxy) is 2. The summed E-state index contributed by atoms with van der Waals surface area (Å²) in [6.45, 7) is 3.94. The summed E-state index contributed by atoms with van der Waals surface area (Å²) in [6.07, 6.45) is 1.62. The van der Waals surface area contributed by atoms with Crippen LogP contribution in [-0.2, 0) is 11.3 Å². The van der Waals surface area contributed by atoms with Crippen molar-refractivity contribution in [3.8, 4) is 5.88 Å². The number of rotatable bonds is 8. The van der Waals surface area contributed by atoms with E-state index in [1.165, 1.54) is 0 Å². The van der Waals surface area contributed by atoms with Gasteiger partial charge in [-0.1, -0.05) is 30.3 Å². The van der Waals surface area contributed by atoms with Crippen molar-refractivity contribution < 1.29 is 14.3 Å². The molecule has 0 bridgehead atoms. The molecule has 1 amide bonds. The molecule has 0 saturated carbocycles. The predicted octanol–water partition coefficient (Wildman–Crippen LogP) is 2.77. The van der Waals surface area contributed by atoms with Crippen molar-refractivity contribution in [2.45, 2.75) is 13.5 Å². The minimum absolute atomic E-state index is 0.0862. The van der Waals surface area contributed by atoms with Crippen LogP contribution in [0.5, 0.6) is 5.88 Å². The lowest BCUT2D eigenvalue weighted by Crippen LogP contribution is -2.31. The third-order valence-electron chi connectivity index (χ3n) is 3.41. The number of carbonyl (C=O) groups excluding carboxylic acids is 1. The predicted molar refractivity (Wildman–Crippen MR) is 88.5 cm³/mol. The van der Waals surface area contributed by atoms with Gasteiger partial charge in [0, 0.05) is 26.4 Å². The number of nitrogens with zero attached hydrogens (tertiary/aromatic N) is 2. The van der Waals surface area contributed by atoms with Gasteiger partial charge in [-0.15, -0.1) is 0 Å². The molecule has 0 aliphatic heterocycles. The Morgan fingerprint density at radius 3 is 2.61 bits per heavy atom. The number of carbonyl (C=O) groups is 1. The molecular weight excluding hydrogens is 292 g/mol. The maximum absolute atomic E-state index is 12.8. The molecule has 0 aliphatic rings. The van der Waals surface area contributed by atoms with Crippen molar-refractivity contribution in [3.63, 3.8) is 0 Å². The fraction of sp³-hybridized carbons (Fsp3) is 0.333. The van der Waals surface area contributed by atoms with Gasteiger partial charge in [0.05, 0.1) is 6.61 Å². The van der Waals surface area contributed by atoms with Gasteiger partial charge < -0.3 is 14.4 Å². The second-order valence-electron chi connectivity index (χ2n) is 5.00. The van der Waals surface area contributed by atoms with Crippen LogP contribution >= 0.6 is 0 Å². The first kappa shape index (κ1) is 17.0. The van der Waals surface area contributed by atoms with Gasteiger partial charge in [0.2, 0.25) is 5.88 Å². The zero-order valence-electron chi connectivity index (χ0n) is 13.6. The first-order valence-electron chi connectivity index (χ1n) is 7.66. The molecule has 1 aromatic carbocycles. The van der Waals surface area contributed by atoms with E-state index in [1.807, 2.05) is 37.3 Å². The van der Waals surface area contributed by atoms with E-state index in [2.05, 4.69) is 4.98 Å². The summed E-state index contributed by atoms with van der Waals surface area (Å²) in [4.78, 5) is 18.8. The van der Waals surface area contributed by atoms with E-state index in [4.69, 9.17) is 9.47 Å². The number of hydrogen-bond acceptors (Lipinski definition) is 4. The second-order valence-corrected chi connectivity index (χ2v) is 5.00. The average molecular weight is 314 g/mol. The summed E-state index contributed by atoms with van der Waals surface area (Å²) in [5, 5.41) is 0. The van der Waals surface area contributed by atoms with Gasteiger partial charge >= 0.3 is 0 Å². The van der Waals surface area contributed by atoms with Crippen LogP contribution in [0.4, 0.5) is 0 Å². The number of amides is 1. The Hall–Kier alpha value is -2.40. The van der Waals surface area contributed by atoms with Gasteiger partial charge in [-0.25, -0.2) is 4.98 Å². The normalized spacial score (nSPS) is 10.3. The van der Waals surface area contributed by atoms with Gasteiger partial charge in [0.1, 0.15) is 12.2 Å². The van der Waals surface area contributed by atoms with E-state index in [1.54, 1.807) is 30.3 Å². The molecular formula is C18H22N2O3. The summed E-state index contributed by atoms with van der Waals surface area (Å²) < 4.78 is 10.5. The summed E-state index contributed by atoms with van der Waals surface area (Å²) in [5.41, 5.74) is 1.56. The quantitative estimate of drug-likeness (QED) is 0.703. The molecule has 5 heteroatoms. The zero-order valence-corrected chi connectivity index (χ0v) is 13.6. The number of benzene rings is 1. The standard InChI is InChI=1S/C18H22N2O3/c1-3-20(14-15-8-5-4-6-9-15)18(21)16-10-7-11-19-17(16)23-13-12-22-2/h4-11H,3,12-14H2,1-2H3. The second kappa shape index (κ2) is 8.90. The number of aromatic nitrogens is 1. The highest BCUT2D eigenvalue weighted by Gasteiger charge is 2.19. The third kappa shape index (κ3) is 4.79. The van der Waals surface area contributed by atoms with Crippen LogP contribution in [0.3, 0.4) is 0 Å². The van der Waals surface area contributed by atoms with Gasteiger partial charge in [-0.3, -0.25) is 4.79 Å². The molecule has 0 atom stereocenters. The van der Waals surface area contributed by atoms with Gasteiger partial charge in [0.15, 0.2) is 0 Å². The van der Waals surface area contributed by atoms with E-state index in [0.717, 1.165) is 5.56 Å². The van der Waals surface area contributed by atoms with Crippen LogP contribution in [0.1, 0.15) is 22.8 Å².